The second-order valence-corrected chi connectivity index (χ2v) is 4.20. The summed E-state index contributed by atoms with van der Waals surface area (Å²) in [5.41, 5.74) is 2.13. The second kappa shape index (κ2) is 5.16. The van der Waals surface area contributed by atoms with Gasteiger partial charge in [0.2, 0.25) is 0 Å². The Bertz CT molecular complexity index is 544. The lowest BCUT2D eigenvalue weighted by Gasteiger charge is -2.09. The number of anilines is 1. The summed E-state index contributed by atoms with van der Waals surface area (Å²) in [6.45, 7) is 9.00. The summed E-state index contributed by atoms with van der Waals surface area (Å²) in [4.78, 5) is 13.3. The van der Waals surface area contributed by atoms with Crippen LogP contribution in [0.3, 0.4) is 0 Å². The topological polar surface area (TPSA) is 55.6 Å². The summed E-state index contributed by atoms with van der Waals surface area (Å²) >= 11 is 0. The Morgan fingerprint density at radius 1 is 1.22 bits per heavy atom. The van der Waals surface area contributed by atoms with E-state index in [0.717, 1.165) is 41.8 Å². The lowest BCUT2D eigenvalue weighted by atomic mass is 10.3. The average Bonchev–Trinajstić information content (AvgIpc) is 2.70. The van der Waals surface area contributed by atoms with Gasteiger partial charge in [0.15, 0.2) is 0 Å². The van der Waals surface area contributed by atoms with Crippen molar-refractivity contribution in [1.82, 2.24) is 19.5 Å². The molecule has 96 valence electrons. The third-order valence-corrected chi connectivity index (χ3v) is 2.93. The maximum absolute atomic E-state index is 4.55. The molecule has 0 spiro atoms. The number of imidazole rings is 1. The molecular formula is C13H19N5. The number of hydrogen-bond donors (Lipinski definition) is 1. The van der Waals surface area contributed by atoms with Crippen molar-refractivity contribution in [3.8, 4) is 5.82 Å². The smallest absolute Gasteiger partial charge is 0.143 e. The summed E-state index contributed by atoms with van der Waals surface area (Å²) in [6, 6.07) is 1.96. The van der Waals surface area contributed by atoms with Crippen LogP contribution >= 0.6 is 0 Å². The molecule has 0 atom stereocenters. The summed E-state index contributed by atoms with van der Waals surface area (Å²) in [6.07, 6.45) is 2.63. The molecule has 0 bridgehead atoms. The van der Waals surface area contributed by atoms with E-state index in [0.29, 0.717) is 0 Å². The molecule has 0 aromatic carbocycles. The van der Waals surface area contributed by atoms with Crippen molar-refractivity contribution in [3.05, 3.63) is 29.6 Å². The number of nitrogens with one attached hydrogen (secondary N) is 1. The summed E-state index contributed by atoms with van der Waals surface area (Å²) in [5.74, 6) is 2.58. The molecular weight excluding hydrogens is 226 g/mol. The zero-order valence-corrected chi connectivity index (χ0v) is 11.4. The lowest BCUT2D eigenvalue weighted by molar-refractivity contribution is 0.871. The van der Waals surface area contributed by atoms with E-state index in [-0.39, 0.29) is 0 Å². The van der Waals surface area contributed by atoms with Crippen molar-refractivity contribution in [2.24, 2.45) is 0 Å². The quantitative estimate of drug-likeness (QED) is 0.897. The Morgan fingerprint density at radius 3 is 2.56 bits per heavy atom. The Morgan fingerprint density at radius 2 is 2.00 bits per heavy atom. The largest absolute Gasteiger partial charge is 0.370 e. The molecule has 0 fully saturated rings. The van der Waals surface area contributed by atoms with E-state index in [1.165, 1.54) is 0 Å². The van der Waals surface area contributed by atoms with E-state index in [1.807, 2.05) is 30.8 Å². The van der Waals surface area contributed by atoms with Gasteiger partial charge in [-0.15, -0.1) is 0 Å². The van der Waals surface area contributed by atoms with Gasteiger partial charge in [0.25, 0.3) is 0 Å². The monoisotopic (exact) mass is 245 g/mol. The van der Waals surface area contributed by atoms with Crippen molar-refractivity contribution in [2.45, 2.75) is 34.1 Å². The van der Waals surface area contributed by atoms with Gasteiger partial charge >= 0.3 is 0 Å². The molecule has 0 unspecified atom stereocenters. The zero-order chi connectivity index (χ0) is 13.1. The van der Waals surface area contributed by atoms with E-state index < -0.39 is 0 Å². The van der Waals surface area contributed by atoms with Crippen molar-refractivity contribution in [1.29, 1.82) is 0 Å². The first-order valence-corrected chi connectivity index (χ1v) is 6.28. The van der Waals surface area contributed by atoms with Crippen LogP contribution in [0, 0.1) is 13.8 Å². The minimum absolute atomic E-state index is 0.818. The Kier molecular flexibility index (Phi) is 3.60. The molecule has 5 heteroatoms. The maximum atomic E-state index is 4.55. The van der Waals surface area contributed by atoms with Crippen molar-refractivity contribution < 1.29 is 0 Å². The van der Waals surface area contributed by atoms with Crippen molar-refractivity contribution in [3.63, 3.8) is 0 Å². The van der Waals surface area contributed by atoms with Crippen LogP contribution in [-0.4, -0.2) is 26.1 Å². The van der Waals surface area contributed by atoms with Gasteiger partial charge in [0, 0.05) is 24.7 Å². The zero-order valence-electron chi connectivity index (χ0n) is 11.4. The van der Waals surface area contributed by atoms with E-state index in [2.05, 4.69) is 34.1 Å². The van der Waals surface area contributed by atoms with Gasteiger partial charge in [-0.1, -0.05) is 6.92 Å². The fourth-order valence-corrected chi connectivity index (χ4v) is 1.77. The normalized spacial score (nSPS) is 10.7. The number of nitrogens with zero attached hydrogens (tertiary/aromatic N) is 4. The van der Waals surface area contributed by atoms with Crippen LogP contribution in [0.25, 0.3) is 5.82 Å². The standard InChI is InChI=1S/C13H19N5/c1-5-11-16-12(14-6-2)7-13(17-11)18-8-15-9(3)10(18)4/h7-8H,5-6H2,1-4H3,(H,14,16,17). The average molecular weight is 245 g/mol. The highest BCUT2D eigenvalue weighted by molar-refractivity contribution is 5.42. The summed E-state index contributed by atoms with van der Waals surface area (Å²) in [7, 11) is 0. The Balaban J connectivity index is 2.49. The first-order valence-electron chi connectivity index (χ1n) is 6.28. The molecule has 0 aliphatic rings. The summed E-state index contributed by atoms with van der Waals surface area (Å²) < 4.78 is 2.00. The minimum Gasteiger partial charge on any atom is -0.370 e. The summed E-state index contributed by atoms with van der Waals surface area (Å²) in [5, 5.41) is 3.23. The molecule has 0 saturated carbocycles. The molecule has 18 heavy (non-hydrogen) atoms. The van der Waals surface area contributed by atoms with Crippen LogP contribution in [0.4, 0.5) is 5.82 Å². The number of aryl methyl sites for hydroxylation is 2. The van der Waals surface area contributed by atoms with Gasteiger partial charge in [-0.3, -0.25) is 4.57 Å². The highest BCUT2D eigenvalue weighted by atomic mass is 15.1. The highest BCUT2D eigenvalue weighted by Crippen LogP contribution is 2.15. The first-order chi connectivity index (χ1) is 8.65. The molecule has 0 saturated heterocycles. The molecule has 2 aromatic rings. The highest BCUT2D eigenvalue weighted by Gasteiger charge is 2.08. The van der Waals surface area contributed by atoms with E-state index >= 15 is 0 Å². The van der Waals surface area contributed by atoms with Crippen molar-refractivity contribution in [2.75, 3.05) is 11.9 Å². The second-order valence-electron chi connectivity index (χ2n) is 4.20. The molecule has 2 aromatic heterocycles. The fourth-order valence-electron chi connectivity index (χ4n) is 1.77. The van der Waals surface area contributed by atoms with Gasteiger partial charge in [-0.05, 0) is 20.8 Å². The fraction of sp³-hybridized carbons (Fsp3) is 0.462. The maximum Gasteiger partial charge on any atom is 0.143 e. The van der Waals surface area contributed by atoms with Gasteiger partial charge in [-0.2, -0.15) is 0 Å². The van der Waals surface area contributed by atoms with Crippen LogP contribution in [0.15, 0.2) is 12.4 Å². The van der Waals surface area contributed by atoms with E-state index in [1.54, 1.807) is 0 Å². The van der Waals surface area contributed by atoms with Crippen LogP contribution in [0.1, 0.15) is 31.1 Å². The molecule has 0 aliphatic heterocycles. The van der Waals surface area contributed by atoms with Crippen molar-refractivity contribution >= 4 is 5.82 Å². The number of rotatable bonds is 4. The van der Waals surface area contributed by atoms with Crippen LogP contribution in [0.5, 0.6) is 0 Å². The van der Waals surface area contributed by atoms with Crippen LogP contribution < -0.4 is 5.32 Å². The molecule has 5 nitrogen and oxygen atoms in total. The van der Waals surface area contributed by atoms with E-state index in [9.17, 15) is 0 Å². The van der Waals surface area contributed by atoms with Gasteiger partial charge in [0.05, 0.1) is 5.69 Å². The third-order valence-electron chi connectivity index (χ3n) is 2.93. The van der Waals surface area contributed by atoms with Crippen LogP contribution in [0.2, 0.25) is 0 Å². The Hall–Kier alpha value is -1.91. The Labute approximate surface area is 107 Å². The minimum atomic E-state index is 0.818. The lowest BCUT2D eigenvalue weighted by Crippen LogP contribution is -2.07. The van der Waals surface area contributed by atoms with Gasteiger partial charge in [-0.25, -0.2) is 15.0 Å². The molecule has 0 amide bonds. The number of hydrogen-bond acceptors (Lipinski definition) is 4. The molecule has 2 rings (SSSR count). The van der Waals surface area contributed by atoms with Gasteiger partial charge in [0.1, 0.15) is 23.8 Å². The predicted molar refractivity (Wildman–Crippen MR) is 72.2 cm³/mol. The predicted octanol–water partition coefficient (Wildman–Crippen LogP) is 2.27. The molecule has 0 aliphatic carbocycles. The van der Waals surface area contributed by atoms with E-state index in [4.69, 9.17) is 0 Å². The van der Waals surface area contributed by atoms with Gasteiger partial charge < -0.3 is 5.32 Å². The number of aromatic nitrogens is 4. The van der Waals surface area contributed by atoms with Crippen LogP contribution in [-0.2, 0) is 6.42 Å². The SMILES string of the molecule is CCNc1cc(-n2cnc(C)c2C)nc(CC)n1. The third kappa shape index (κ3) is 2.34. The molecule has 1 N–H and O–H groups in total. The molecule has 0 radical (unpaired) electrons. The molecule has 2 heterocycles. The first kappa shape index (κ1) is 12.5.